The number of nitrogens with one attached hydrogen (secondary N) is 1. The van der Waals surface area contributed by atoms with Crippen molar-refractivity contribution in [3.63, 3.8) is 0 Å². The molecule has 0 aliphatic rings. The molecule has 0 saturated heterocycles. The van der Waals surface area contributed by atoms with Crippen LogP contribution in [-0.2, 0) is 10.0 Å². The second-order valence-corrected chi connectivity index (χ2v) is 9.16. The van der Waals surface area contributed by atoms with E-state index in [0.717, 1.165) is 11.3 Å². The van der Waals surface area contributed by atoms with E-state index in [9.17, 15) is 13.2 Å². The highest BCUT2D eigenvalue weighted by Crippen LogP contribution is 2.43. The number of hydrogen-bond donors (Lipinski definition) is 2. The molecule has 0 fully saturated rings. The second-order valence-electron chi connectivity index (χ2n) is 5.68. The SMILES string of the molecule is Cc1ccccc1S(=O)(=O)Nc1cc(-c2ccc(Cl)c(Cl)c2)sc1OC(=O)O. The molecular formula is C18H13Cl2NO5S2. The highest BCUT2D eigenvalue weighted by molar-refractivity contribution is 7.92. The van der Waals surface area contributed by atoms with E-state index in [1.165, 1.54) is 12.1 Å². The van der Waals surface area contributed by atoms with Gasteiger partial charge in [0.1, 0.15) is 5.69 Å². The normalized spacial score (nSPS) is 11.2. The van der Waals surface area contributed by atoms with Crippen molar-refractivity contribution < 1.29 is 23.1 Å². The van der Waals surface area contributed by atoms with Gasteiger partial charge in [-0.25, -0.2) is 13.2 Å². The Morgan fingerprint density at radius 2 is 1.82 bits per heavy atom. The van der Waals surface area contributed by atoms with E-state index >= 15 is 0 Å². The van der Waals surface area contributed by atoms with Crippen LogP contribution in [0.15, 0.2) is 53.4 Å². The molecule has 0 unspecified atom stereocenters. The van der Waals surface area contributed by atoms with Crippen LogP contribution in [0.3, 0.4) is 0 Å². The van der Waals surface area contributed by atoms with Crippen LogP contribution in [0.1, 0.15) is 5.56 Å². The Morgan fingerprint density at radius 3 is 2.46 bits per heavy atom. The number of anilines is 1. The van der Waals surface area contributed by atoms with Crippen LogP contribution in [0.25, 0.3) is 10.4 Å². The van der Waals surface area contributed by atoms with Gasteiger partial charge in [-0.3, -0.25) is 4.72 Å². The Bertz CT molecular complexity index is 1160. The van der Waals surface area contributed by atoms with Crippen molar-refractivity contribution in [1.29, 1.82) is 0 Å². The maximum atomic E-state index is 12.8. The second kappa shape index (κ2) is 8.00. The Balaban J connectivity index is 2.04. The van der Waals surface area contributed by atoms with Gasteiger partial charge >= 0.3 is 6.16 Å². The smallest absolute Gasteiger partial charge is 0.449 e. The predicted octanol–water partition coefficient (Wildman–Crippen LogP) is 5.89. The van der Waals surface area contributed by atoms with E-state index in [-0.39, 0.29) is 15.6 Å². The maximum Gasteiger partial charge on any atom is 0.512 e. The summed E-state index contributed by atoms with van der Waals surface area (Å²) in [6.45, 7) is 1.66. The van der Waals surface area contributed by atoms with E-state index in [1.54, 1.807) is 43.3 Å². The van der Waals surface area contributed by atoms with Crippen molar-refractivity contribution >= 4 is 56.4 Å². The molecule has 1 heterocycles. The van der Waals surface area contributed by atoms with Crippen LogP contribution >= 0.6 is 34.5 Å². The van der Waals surface area contributed by atoms with Crippen LogP contribution < -0.4 is 9.46 Å². The molecule has 2 N–H and O–H groups in total. The van der Waals surface area contributed by atoms with Crippen molar-refractivity contribution in [3.8, 4) is 15.5 Å². The van der Waals surface area contributed by atoms with Gasteiger partial charge in [-0.15, -0.1) is 0 Å². The summed E-state index contributed by atoms with van der Waals surface area (Å²) in [6.07, 6.45) is -1.56. The number of thiophene rings is 1. The first-order chi connectivity index (χ1) is 13.2. The lowest BCUT2D eigenvalue weighted by Crippen LogP contribution is -2.15. The Labute approximate surface area is 175 Å². The molecule has 0 atom stereocenters. The lowest BCUT2D eigenvalue weighted by atomic mass is 10.2. The molecule has 1 aromatic heterocycles. The minimum atomic E-state index is -3.95. The van der Waals surface area contributed by atoms with Gasteiger partial charge in [-0.2, -0.15) is 0 Å². The fourth-order valence-corrected chi connectivity index (χ4v) is 5.07. The Morgan fingerprint density at radius 1 is 1.11 bits per heavy atom. The number of halogens is 2. The number of carboxylic acid groups (broad SMARTS) is 1. The largest absolute Gasteiger partial charge is 0.512 e. The molecule has 6 nitrogen and oxygen atoms in total. The summed E-state index contributed by atoms with van der Waals surface area (Å²) >= 11 is 12.9. The summed E-state index contributed by atoms with van der Waals surface area (Å²) in [7, 11) is -3.95. The molecule has 0 radical (unpaired) electrons. The highest BCUT2D eigenvalue weighted by Gasteiger charge is 2.22. The van der Waals surface area contributed by atoms with Crippen LogP contribution in [0.4, 0.5) is 10.5 Å². The first-order valence-corrected chi connectivity index (χ1v) is 10.8. The third kappa shape index (κ3) is 4.41. The highest BCUT2D eigenvalue weighted by atomic mass is 35.5. The topological polar surface area (TPSA) is 92.7 Å². The summed E-state index contributed by atoms with van der Waals surface area (Å²) < 4.78 is 32.7. The first kappa shape index (κ1) is 20.5. The molecule has 0 spiro atoms. The van der Waals surface area contributed by atoms with E-state index in [2.05, 4.69) is 4.72 Å². The first-order valence-electron chi connectivity index (χ1n) is 7.76. The van der Waals surface area contributed by atoms with E-state index in [0.29, 0.717) is 26.0 Å². The fourth-order valence-electron chi connectivity index (χ4n) is 2.45. The molecule has 28 heavy (non-hydrogen) atoms. The summed E-state index contributed by atoms with van der Waals surface area (Å²) in [5.74, 6) is 0. The van der Waals surface area contributed by atoms with Crippen molar-refractivity contribution in [1.82, 2.24) is 0 Å². The average molecular weight is 458 g/mol. The molecule has 0 aliphatic heterocycles. The average Bonchev–Trinajstić information content (AvgIpc) is 2.98. The predicted molar refractivity (Wildman–Crippen MR) is 110 cm³/mol. The number of ether oxygens (including phenoxy) is 1. The zero-order chi connectivity index (χ0) is 20.5. The summed E-state index contributed by atoms with van der Waals surface area (Å²) in [4.78, 5) is 11.7. The van der Waals surface area contributed by atoms with Crippen LogP contribution in [0.5, 0.6) is 5.06 Å². The molecule has 146 valence electrons. The Kier molecular flexibility index (Phi) is 5.85. The summed E-state index contributed by atoms with van der Waals surface area (Å²) in [5, 5.41) is 9.55. The lowest BCUT2D eigenvalue weighted by Gasteiger charge is -2.10. The number of hydrogen-bond acceptors (Lipinski definition) is 5. The molecule has 0 aliphatic carbocycles. The monoisotopic (exact) mass is 457 g/mol. The van der Waals surface area contributed by atoms with Gasteiger partial charge in [0.05, 0.1) is 14.9 Å². The summed E-state index contributed by atoms with van der Waals surface area (Å²) in [6, 6.07) is 12.8. The number of rotatable bonds is 5. The van der Waals surface area contributed by atoms with Gasteiger partial charge in [0.2, 0.25) is 5.06 Å². The lowest BCUT2D eigenvalue weighted by molar-refractivity contribution is 0.146. The van der Waals surface area contributed by atoms with Gasteiger partial charge in [0.25, 0.3) is 10.0 Å². The van der Waals surface area contributed by atoms with Crippen LogP contribution in [-0.4, -0.2) is 19.7 Å². The summed E-state index contributed by atoms with van der Waals surface area (Å²) in [5.41, 5.74) is 1.20. The maximum absolute atomic E-state index is 12.8. The van der Waals surface area contributed by atoms with Gasteiger partial charge in [0, 0.05) is 4.88 Å². The van der Waals surface area contributed by atoms with Gasteiger partial charge in [0.15, 0.2) is 0 Å². The zero-order valence-electron chi connectivity index (χ0n) is 14.3. The van der Waals surface area contributed by atoms with E-state index in [4.69, 9.17) is 33.0 Å². The van der Waals surface area contributed by atoms with Crippen LogP contribution in [0, 0.1) is 6.92 Å². The molecule has 0 bridgehead atoms. The minimum absolute atomic E-state index is 0.0109. The number of benzene rings is 2. The molecule has 10 heteroatoms. The van der Waals surface area contributed by atoms with E-state index in [1.807, 2.05) is 0 Å². The van der Waals surface area contributed by atoms with Crippen LogP contribution in [0.2, 0.25) is 10.0 Å². The Hall–Kier alpha value is -2.26. The zero-order valence-corrected chi connectivity index (χ0v) is 17.4. The molecule has 0 saturated carbocycles. The van der Waals surface area contributed by atoms with Gasteiger partial charge in [-0.1, -0.05) is 58.8 Å². The standard InChI is InChI=1S/C18H13Cl2NO5S2/c1-10-4-2-3-5-16(10)28(24,25)21-14-9-15(27-17(14)26-18(22)23)11-6-7-12(19)13(20)8-11/h2-9,21H,1H3,(H,22,23). The molecule has 2 aromatic carbocycles. The van der Waals surface area contributed by atoms with Gasteiger partial charge in [-0.05, 0) is 42.3 Å². The third-order valence-corrected chi connectivity index (χ3v) is 7.04. The quantitative estimate of drug-likeness (QED) is 0.466. The number of sulfonamides is 1. The van der Waals surface area contributed by atoms with Crippen molar-refractivity contribution in [2.45, 2.75) is 11.8 Å². The number of carbonyl (C=O) groups is 1. The number of aryl methyl sites for hydroxylation is 1. The minimum Gasteiger partial charge on any atom is -0.449 e. The fraction of sp³-hybridized carbons (Fsp3) is 0.0556. The molecule has 3 rings (SSSR count). The third-order valence-electron chi connectivity index (χ3n) is 3.71. The molecular weight excluding hydrogens is 445 g/mol. The van der Waals surface area contributed by atoms with Crippen molar-refractivity contribution in [2.75, 3.05) is 4.72 Å². The van der Waals surface area contributed by atoms with E-state index < -0.39 is 16.2 Å². The van der Waals surface area contributed by atoms with Gasteiger partial charge < -0.3 is 9.84 Å². The van der Waals surface area contributed by atoms with Crippen molar-refractivity contribution in [2.24, 2.45) is 0 Å². The van der Waals surface area contributed by atoms with Crippen molar-refractivity contribution in [3.05, 3.63) is 64.1 Å². The molecule has 0 amide bonds. The molecule has 3 aromatic rings.